The van der Waals surface area contributed by atoms with Crippen LogP contribution >= 0.6 is 0 Å². The molecule has 1 aliphatic carbocycles. The lowest BCUT2D eigenvalue weighted by Gasteiger charge is -2.31. The fourth-order valence-electron chi connectivity index (χ4n) is 6.53. The molecule has 1 fully saturated rings. The van der Waals surface area contributed by atoms with E-state index in [4.69, 9.17) is 14.5 Å². The van der Waals surface area contributed by atoms with Crippen LogP contribution in [0, 0.1) is 13.8 Å². The highest BCUT2D eigenvalue weighted by Crippen LogP contribution is 2.41. The molecule has 2 aliphatic rings. The summed E-state index contributed by atoms with van der Waals surface area (Å²) in [6.07, 6.45) is 1.96. The van der Waals surface area contributed by atoms with Gasteiger partial charge in [0, 0.05) is 49.6 Å². The van der Waals surface area contributed by atoms with Gasteiger partial charge in [0.25, 0.3) is 11.5 Å². The van der Waals surface area contributed by atoms with Gasteiger partial charge in [-0.15, -0.1) is 0 Å². The smallest absolute Gasteiger partial charge is 0.346 e. The normalized spacial score (nSPS) is 19.1. The number of carbonyl (C=O) groups is 1. The van der Waals surface area contributed by atoms with Gasteiger partial charge < -0.3 is 25.2 Å². The SMILES string of the molecule is COc1nc(-c2cccc(-c3cccc(NC(=O)c4nn(C)c(=O)n(C)c4=O)c3C)c2C)cc2c1[C@@H](N[C@@H]1CCOC[C@@H]1O)CC2. The molecule has 0 unspecified atom stereocenters. The van der Waals surface area contributed by atoms with E-state index in [1.165, 1.54) is 19.7 Å². The van der Waals surface area contributed by atoms with Crippen LogP contribution in [0.5, 0.6) is 5.88 Å². The zero-order chi connectivity index (χ0) is 32.7. The first kappa shape index (κ1) is 31.3. The predicted octanol–water partition coefficient (Wildman–Crippen LogP) is 2.81. The third-order valence-electron chi connectivity index (χ3n) is 9.11. The Balaban J connectivity index is 1.31. The van der Waals surface area contributed by atoms with E-state index in [0.29, 0.717) is 24.8 Å². The highest BCUT2D eigenvalue weighted by molar-refractivity contribution is 6.03. The number of aromatic nitrogens is 4. The maximum atomic E-state index is 13.1. The number of carbonyl (C=O) groups excluding carboxylic acids is 1. The van der Waals surface area contributed by atoms with E-state index in [-0.39, 0.29) is 17.8 Å². The molecule has 2 aromatic carbocycles. The van der Waals surface area contributed by atoms with E-state index < -0.39 is 23.3 Å². The van der Waals surface area contributed by atoms with E-state index >= 15 is 0 Å². The lowest BCUT2D eigenvalue weighted by atomic mass is 9.91. The van der Waals surface area contributed by atoms with Crippen LogP contribution in [0.3, 0.4) is 0 Å². The van der Waals surface area contributed by atoms with Gasteiger partial charge in [0.15, 0.2) is 0 Å². The number of hydrogen-bond donors (Lipinski definition) is 3. The van der Waals surface area contributed by atoms with Gasteiger partial charge in [-0.3, -0.25) is 14.2 Å². The fraction of sp³-hybridized carbons (Fsp3) is 0.382. The van der Waals surface area contributed by atoms with Crippen LogP contribution in [0.15, 0.2) is 52.1 Å². The van der Waals surface area contributed by atoms with Crippen LogP contribution in [-0.2, 0) is 25.3 Å². The van der Waals surface area contributed by atoms with Gasteiger partial charge in [0.05, 0.1) is 25.5 Å². The zero-order valence-corrected chi connectivity index (χ0v) is 26.6. The number of pyridine rings is 1. The van der Waals surface area contributed by atoms with Crippen molar-refractivity contribution in [2.24, 2.45) is 14.1 Å². The number of amides is 1. The third kappa shape index (κ3) is 5.63. The van der Waals surface area contributed by atoms with Crippen molar-refractivity contribution in [2.75, 3.05) is 25.6 Å². The molecule has 12 nitrogen and oxygen atoms in total. The van der Waals surface area contributed by atoms with E-state index in [9.17, 15) is 19.5 Å². The summed E-state index contributed by atoms with van der Waals surface area (Å²) in [5, 5.41) is 20.8. The highest BCUT2D eigenvalue weighted by Gasteiger charge is 2.33. The second-order valence-electron chi connectivity index (χ2n) is 11.9. The molecule has 3 atom stereocenters. The van der Waals surface area contributed by atoms with E-state index in [0.717, 1.165) is 67.6 Å². The predicted molar refractivity (Wildman–Crippen MR) is 173 cm³/mol. The van der Waals surface area contributed by atoms with Crippen LogP contribution in [0.25, 0.3) is 22.4 Å². The number of aryl methyl sites for hydroxylation is 2. The second kappa shape index (κ2) is 12.6. The summed E-state index contributed by atoms with van der Waals surface area (Å²) in [5.41, 5.74) is 6.45. The Morgan fingerprint density at radius 2 is 1.76 bits per heavy atom. The third-order valence-corrected chi connectivity index (χ3v) is 9.11. The molecular weight excluding hydrogens is 588 g/mol. The lowest BCUT2D eigenvalue weighted by Crippen LogP contribution is -2.47. The molecule has 3 N–H and O–H groups in total. The van der Waals surface area contributed by atoms with Crippen molar-refractivity contribution < 1.29 is 19.4 Å². The molecule has 0 spiro atoms. The van der Waals surface area contributed by atoms with Gasteiger partial charge in [-0.2, -0.15) is 5.10 Å². The molecule has 12 heteroatoms. The quantitative estimate of drug-likeness (QED) is 0.282. The number of aliphatic hydroxyl groups is 1. The largest absolute Gasteiger partial charge is 0.481 e. The molecule has 240 valence electrons. The minimum absolute atomic E-state index is 0.0356. The maximum absolute atomic E-state index is 13.1. The summed E-state index contributed by atoms with van der Waals surface area (Å²) in [5.74, 6) is -0.122. The van der Waals surface area contributed by atoms with Crippen LogP contribution < -0.4 is 26.6 Å². The molecule has 0 radical (unpaired) electrons. The molecule has 6 rings (SSSR count). The van der Waals surface area contributed by atoms with Crippen molar-refractivity contribution in [1.29, 1.82) is 0 Å². The Hall–Kier alpha value is -4.65. The summed E-state index contributed by atoms with van der Waals surface area (Å²) in [6.45, 7) is 4.91. The van der Waals surface area contributed by atoms with Gasteiger partial charge >= 0.3 is 5.69 Å². The number of anilines is 1. The van der Waals surface area contributed by atoms with Gasteiger partial charge in [-0.25, -0.2) is 14.5 Å². The zero-order valence-electron chi connectivity index (χ0n) is 26.6. The number of aliphatic hydroxyl groups excluding tert-OH is 1. The number of methoxy groups -OCH3 is 1. The topological polar surface area (TPSA) is 150 Å². The average molecular weight is 627 g/mol. The molecule has 46 heavy (non-hydrogen) atoms. The molecule has 4 aromatic rings. The van der Waals surface area contributed by atoms with E-state index in [1.54, 1.807) is 13.2 Å². The minimum atomic E-state index is -0.765. The van der Waals surface area contributed by atoms with Crippen molar-refractivity contribution in [1.82, 2.24) is 24.6 Å². The first-order chi connectivity index (χ1) is 22.1. The van der Waals surface area contributed by atoms with Crippen molar-refractivity contribution in [3.63, 3.8) is 0 Å². The van der Waals surface area contributed by atoms with Crippen LogP contribution in [0.2, 0.25) is 0 Å². The molecular formula is C34H38N6O6. The standard InChI is InChI=1S/C34H38N6O6/c1-18-21(22-9-7-11-24(19(22)2)36-31(42)30-33(43)39(3)34(44)40(4)38-30)8-6-10-23(18)27-16-20-12-13-26(29(20)32(37-27)45-5)35-25-14-15-46-17-28(25)41/h6-11,16,25-26,28,35,41H,12-15,17H2,1-5H3,(H,36,42)/t25-,26+,28+/m1/s1. The van der Waals surface area contributed by atoms with Gasteiger partial charge in [-0.05, 0) is 73.1 Å². The first-order valence-electron chi connectivity index (χ1n) is 15.3. The Morgan fingerprint density at radius 3 is 2.50 bits per heavy atom. The molecule has 1 saturated heterocycles. The van der Waals surface area contributed by atoms with Crippen molar-refractivity contribution in [3.8, 4) is 28.3 Å². The lowest BCUT2D eigenvalue weighted by molar-refractivity contribution is -0.0304. The molecule has 0 saturated carbocycles. The van der Waals surface area contributed by atoms with Gasteiger partial charge in [0.2, 0.25) is 11.6 Å². The highest BCUT2D eigenvalue weighted by atomic mass is 16.5. The molecule has 3 heterocycles. The number of nitrogens with one attached hydrogen (secondary N) is 2. The number of rotatable bonds is 7. The Kier molecular flexibility index (Phi) is 8.60. The van der Waals surface area contributed by atoms with Gasteiger partial charge in [0.1, 0.15) is 0 Å². The van der Waals surface area contributed by atoms with Gasteiger partial charge in [-0.1, -0.05) is 30.3 Å². The van der Waals surface area contributed by atoms with Crippen molar-refractivity contribution >= 4 is 11.6 Å². The number of fused-ring (bicyclic) bond motifs is 1. The molecule has 2 aromatic heterocycles. The summed E-state index contributed by atoms with van der Waals surface area (Å²) in [6, 6.07) is 13.8. The van der Waals surface area contributed by atoms with E-state index in [2.05, 4.69) is 21.8 Å². The first-order valence-corrected chi connectivity index (χ1v) is 15.3. The summed E-state index contributed by atoms with van der Waals surface area (Å²) in [4.78, 5) is 42.7. The number of nitrogens with zero attached hydrogens (tertiary/aromatic N) is 4. The Labute approximate surface area is 266 Å². The Bertz CT molecular complexity index is 1950. The fourth-order valence-corrected chi connectivity index (χ4v) is 6.53. The summed E-state index contributed by atoms with van der Waals surface area (Å²) in [7, 11) is 4.33. The summed E-state index contributed by atoms with van der Waals surface area (Å²) >= 11 is 0. The molecule has 0 bridgehead atoms. The van der Waals surface area contributed by atoms with Crippen molar-refractivity contribution in [3.05, 3.63) is 91.3 Å². The van der Waals surface area contributed by atoms with E-state index in [1.807, 2.05) is 44.2 Å². The number of hydrogen-bond acceptors (Lipinski definition) is 9. The minimum Gasteiger partial charge on any atom is -0.481 e. The molecule has 1 amide bonds. The maximum Gasteiger partial charge on any atom is 0.346 e. The number of ether oxygens (including phenoxy) is 2. The van der Waals surface area contributed by atoms with Crippen LogP contribution in [0.4, 0.5) is 5.69 Å². The average Bonchev–Trinajstić information content (AvgIpc) is 3.46. The van der Waals surface area contributed by atoms with Crippen LogP contribution in [-0.4, -0.2) is 62.8 Å². The molecule has 1 aliphatic heterocycles. The Morgan fingerprint density at radius 1 is 1.04 bits per heavy atom. The van der Waals surface area contributed by atoms with Crippen molar-refractivity contribution in [2.45, 2.75) is 51.3 Å². The number of benzene rings is 2. The monoisotopic (exact) mass is 626 g/mol. The van der Waals surface area contributed by atoms with Crippen LogP contribution in [0.1, 0.15) is 51.6 Å². The summed E-state index contributed by atoms with van der Waals surface area (Å²) < 4.78 is 13.1. The second-order valence-corrected chi connectivity index (χ2v) is 11.9.